The van der Waals surface area contributed by atoms with Crippen LogP contribution in [0.25, 0.3) is 6.08 Å². The fraction of sp³-hybridized carbons (Fsp3) is 0.450. The van der Waals surface area contributed by atoms with Crippen LogP contribution < -0.4 is 14.8 Å². The van der Waals surface area contributed by atoms with Crippen molar-refractivity contribution in [2.75, 3.05) is 6.61 Å². The zero-order chi connectivity index (χ0) is 19.2. The number of hydrogen-bond donors (Lipinski definition) is 1. The molecular formula is C20H23NO5S. The molecule has 3 rings (SSSR count). The molecule has 1 aliphatic heterocycles. The maximum Gasteiger partial charge on any atom is 0.311 e. The predicted octanol–water partition coefficient (Wildman–Crippen LogP) is 4.29. The van der Waals surface area contributed by atoms with Gasteiger partial charge in [-0.1, -0.05) is 25.3 Å². The summed E-state index contributed by atoms with van der Waals surface area (Å²) in [6, 6.07) is 5.10. The van der Waals surface area contributed by atoms with E-state index in [4.69, 9.17) is 9.47 Å². The van der Waals surface area contributed by atoms with Crippen molar-refractivity contribution >= 4 is 35.0 Å². The Bertz CT molecular complexity index is 768. The van der Waals surface area contributed by atoms with Crippen LogP contribution in [0, 0.1) is 5.92 Å². The van der Waals surface area contributed by atoms with E-state index in [0.29, 0.717) is 40.9 Å². The van der Waals surface area contributed by atoms with E-state index in [1.807, 2.05) is 6.92 Å². The molecule has 0 bridgehead atoms. The van der Waals surface area contributed by atoms with Crippen LogP contribution in [0.2, 0.25) is 0 Å². The Morgan fingerprint density at radius 2 is 2.00 bits per heavy atom. The molecule has 0 radical (unpaired) electrons. The van der Waals surface area contributed by atoms with E-state index in [1.54, 1.807) is 24.3 Å². The summed E-state index contributed by atoms with van der Waals surface area (Å²) in [5.74, 6) is 0.565. The highest BCUT2D eigenvalue weighted by Crippen LogP contribution is 2.33. The van der Waals surface area contributed by atoms with Crippen LogP contribution in [0.15, 0.2) is 23.1 Å². The highest BCUT2D eigenvalue weighted by atomic mass is 32.2. The number of carbonyl (C=O) groups excluding carboxylic acids is 3. The van der Waals surface area contributed by atoms with Crippen molar-refractivity contribution in [3.63, 3.8) is 0 Å². The van der Waals surface area contributed by atoms with Crippen molar-refractivity contribution in [1.82, 2.24) is 5.32 Å². The molecule has 27 heavy (non-hydrogen) atoms. The Balaban J connectivity index is 1.71. The second-order valence-corrected chi connectivity index (χ2v) is 7.69. The molecule has 1 aromatic carbocycles. The van der Waals surface area contributed by atoms with E-state index in [2.05, 4.69) is 5.32 Å². The first-order chi connectivity index (χ1) is 13.0. The molecule has 1 N–H and O–H groups in total. The van der Waals surface area contributed by atoms with Gasteiger partial charge in [0.2, 0.25) is 0 Å². The number of carbonyl (C=O) groups is 3. The van der Waals surface area contributed by atoms with Crippen LogP contribution in [0.4, 0.5) is 4.79 Å². The Kier molecular flexibility index (Phi) is 6.55. The molecule has 1 aliphatic carbocycles. The minimum absolute atomic E-state index is 0.245. The summed E-state index contributed by atoms with van der Waals surface area (Å²) in [7, 11) is 0. The highest BCUT2D eigenvalue weighted by molar-refractivity contribution is 8.18. The van der Waals surface area contributed by atoms with Gasteiger partial charge in [0.1, 0.15) is 0 Å². The molecule has 2 fully saturated rings. The first kappa shape index (κ1) is 19.5. The van der Waals surface area contributed by atoms with Gasteiger partial charge in [0.15, 0.2) is 11.5 Å². The molecule has 1 saturated carbocycles. The Morgan fingerprint density at radius 1 is 1.22 bits per heavy atom. The van der Waals surface area contributed by atoms with Gasteiger partial charge < -0.3 is 9.47 Å². The van der Waals surface area contributed by atoms with Crippen LogP contribution in [0.1, 0.15) is 51.0 Å². The van der Waals surface area contributed by atoms with Gasteiger partial charge in [-0.3, -0.25) is 19.7 Å². The first-order valence-electron chi connectivity index (χ1n) is 9.27. The number of hydrogen-bond acceptors (Lipinski definition) is 6. The summed E-state index contributed by atoms with van der Waals surface area (Å²) in [6.07, 6.45) is 7.81. The lowest BCUT2D eigenvalue weighted by molar-refractivity contribution is -0.135. The molecule has 1 aromatic rings. The standard InChI is InChI=1S/C20H23NO5S/c1-2-25-16-10-14(11-17-19(23)21-20(24)27-17)8-9-15(16)26-18(22)12-13-6-4-3-5-7-13/h8-11,13H,2-7,12H2,1H3,(H,21,23,24)/b17-11-. The number of esters is 1. The number of imide groups is 1. The van der Waals surface area contributed by atoms with Crippen molar-refractivity contribution in [3.8, 4) is 11.5 Å². The van der Waals surface area contributed by atoms with Crippen LogP contribution in [-0.2, 0) is 9.59 Å². The van der Waals surface area contributed by atoms with Crippen molar-refractivity contribution < 1.29 is 23.9 Å². The molecule has 1 heterocycles. The summed E-state index contributed by atoms with van der Waals surface area (Å²) >= 11 is 0.857. The molecule has 0 aromatic heterocycles. The van der Waals surface area contributed by atoms with Gasteiger partial charge in [-0.25, -0.2) is 0 Å². The Morgan fingerprint density at radius 3 is 2.67 bits per heavy atom. The summed E-state index contributed by atoms with van der Waals surface area (Å²) in [6.45, 7) is 2.26. The Labute approximate surface area is 162 Å². The average Bonchev–Trinajstić information content (AvgIpc) is 2.95. The lowest BCUT2D eigenvalue weighted by Gasteiger charge is -2.20. The quantitative estimate of drug-likeness (QED) is 0.444. The van der Waals surface area contributed by atoms with Crippen LogP contribution in [0.5, 0.6) is 11.5 Å². The van der Waals surface area contributed by atoms with Crippen molar-refractivity contribution in [1.29, 1.82) is 0 Å². The summed E-state index contributed by atoms with van der Waals surface area (Å²) in [4.78, 5) is 35.6. The molecular weight excluding hydrogens is 366 g/mol. The van der Waals surface area contributed by atoms with Crippen molar-refractivity contribution in [3.05, 3.63) is 28.7 Å². The van der Waals surface area contributed by atoms with Gasteiger partial charge in [0.05, 0.1) is 11.5 Å². The molecule has 2 amide bonds. The molecule has 0 unspecified atom stereocenters. The second-order valence-electron chi connectivity index (χ2n) is 6.67. The maximum absolute atomic E-state index is 12.3. The molecule has 1 saturated heterocycles. The summed E-state index contributed by atoms with van der Waals surface area (Å²) in [5.41, 5.74) is 0.692. The third kappa shape index (κ3) is 5.35. The van der Waals surface area contributed by atoms with Crippen LogP contribution in [-0.4, -0.2) is 23.7 Å². The zero-order valence-corrected chi connectivity index (χ0v) is 16.1. The summed E-state index contributed by atoms with van der Waals surface area (Å²) in [5, 5.41) is 1.83. The Hall–Kier alpha value is -2.28. The van der Waals surface area contributed by atoms with E-state index < -0.39 is 5.91 Å². The highest BCUT2D eigenvalue weighted by Gasteiger charge is 2.25. The lowest BCUT2D eigenvalue weighted by atomic mass is 9.87. The molecule has 7 heteroatoms. The van der Waals surface area contributed by atoms with E-state index in [-0.39, 0.29) is 11.2 Å². The monoisotopic (exact) mass is 389 g/mol. The SMILES string of the molecule is CCOc1cc(/C=C2\SC(=O)NC2=O)ccc1OC(=O)CC1CCCCC1. The van der Waals surface area contributed by atoms with Crippen molar-refractivity contribution in [2.24, 2.45) is 5.92 Å². The number of benzene rings is 1. The molecule has 0 atom stereocenters. The number of rotatable bonds is 6. The van der Waals surface area contributed by atoms with Gasteiger partial charge in [0.25, 0.3) is 11.1 Å². The predicted molar refractivity (Wildman–Crippen MR) is 104 cm³/mol. The number of ether oxygens (including phenoxy) is 2. The lowest BCUT2D eigenvalue weighted by Crippen LogP contribution is -2.17. The smallest absolute Gasteiger partial charge is 0.311 e. The van der Waals surface area contributed by atoms with Crippen molar-refractivity contribution in [2.45, 2.75) is 45.4 Å². The van der Waals surface area contributed by atoms with E-state index in [1.165, 1.54) is 19.3 Å². The normalized spacial score (nSPS) is 19.2. The molecule has 2 aliphatic rings. The third-order valence-electron chi connectivity index (χ3n) is 4.61. The number of amides is 2. The fourth-order valence-corrected chi connectivity index (χ4v) is 4.01. The molecule has 144 valence electrons. The molecule has 6 nitrogen and oxygen atoms in total. The minimum atomic E-state index is -0.411. The van der Waals surface area contributed by atoms with Crippen LogP contribution in [0.3, 0.4) is 0 Å². The third-order valence-corrected chi connectivity index (χ3v) is 5.42. The van der Waals surface area contributed by atoms with Gasteiger partial charge in [0, 0.05) is 6.42 Å². The molecule has 0 spiro atoms. The number of thioether (sulfide) groups is 1. The minimum Gasteiger partial charge on any atom is -0.490 e. The summed E-state index contributed by atoms with van der Waals surface area (Å²) < 4.78 is 11.1. The van der Waals surface area contributed by atoms with Gasteiger partial charge in [-0.2, -0.15) is 0 Å². The zero-order valence-electron chi connectivity index (χ0n) is 15.3. The van der Waals surface area contributed by atoms with E-state index >= 15 is 0 Å². The average molecular weight is 389 g/mol. The van der Waals surface area contributed by atoms with Gasteiger partial charge in [-0.15, -0.1) is 0 Å². The fourth-order valence-electron chi connectivity index (χ4n) is 3.33. The van der Waals surface area contributed by atoms with Crippen LogP contribution >= 0.6 is 11.8 Å². The first-order valence-corrected chi connectivity index (χ1v) is 10.1. The largest absolute Gasteiger partial charge is 0.490 e. The second kappa shape index (κ2) is 9.08. The van der Waals surface area contributed by atoms with Gasteiger partial charge >= 0.3 is 5.97 Å². The van der Waals surface area contributed by atoms with Gasteiger partial charge in [-0.05, 0) is 61.2 Å². The number of nitrogens with one attached hydrogen (secondary N) is 1. The van der Waals surface area contributed by atoms with E-state index in [0.717, 1.165) is 24.6 Å². The topological polar surface area (TPSA) is 81.7 Å². The van der Waals surface area contributed by atoms with E-state index in [9.17, 15) is 14.4 Å². The maximum atomic E-state index is 12.3.